The Labute approximate surface area is 162 Å². The highest BCUT2D eigenvalue weighted by molar-refractivity contribution is 7.91. The van der Waals surface area contributed by atoms with Gasteiger partial charge in [-0.3, -0.25) is 10.1 Å². The predicted molar refractivity (Wildman–Crippen MR) is 93.4 cm³/mol. The number of nitro groups is 1. The van der Waals surface area contributed by atoms with Crippen LogP contribution in [0.1, 0.15) is 18.1 Å². The van der Waals surface area contributed by atoms with Gasteiger partial charge in [0, 0.05) is 12.7 Å². The Morgan fingerprint density at radius 3 is 2.48 bits per heavy atom. The van der Waals surface area contributed by atoms with E-state index in [1.165, 1.54) is 6.07 Å². The number of benzene rings is 2. The molecule has 0 bridgehead atoms. The van der Waals surface area contributed by atoms with Gasteiger partial charge in [0.05, 0.1) is 15.9 Å². The number of sulfone groups is 1. The van der Waals surface area contributed by atoms with Crippen LogP contribution in [0.5, 0.6) is 0 Å². The van der Waals surface area contributed by atoms with Gasteiger partial charge < -0.3 is 10.1 Å². The number of nitro benzene ring substituents is 1. The lowest BCUT2D eigenvalue weighted by Gasteiger charge is -2.21. The number of ether oxygens (including phenoxy) is 1. The van der Waals surface area contributed by atoms with Crippen molar-refractivity contribution in [3.05, 3.63) is 63.7 Å². The molecule has 1 fully saturated rings. The summed E-state index contributed by atoms with van der Waals surface area (Å²) in [6.45, 7) is 0.229. The van der Waals surface area contributed by atoms with E-state index in [1.54, 1.807) is 0 Å². The lowest BCUT2D eigenvalue weighted by Crippen LogP contribution is -2.24. The lowest BCUT2D eigenvalue weighted by atomic mass is 10.0. The van der Waals surface area contributed by atoms with Crippen LogP contribution in [0.2, 0.25) is 0 Å². The minimum Gasteiger partial charge on any atom is -0.374 e. The van der Waals surface area contributed by atoms with Crippen LogP contribution < -0.4 is 5.32 Å². The molecule has 156 valence electrons. The van der Waals surface area contributed by atoms with Gasteiger partial charge in [-0.15, -0.1) is 0 Å². The fourth-order valence-electron chi connectivity index (χ4n) is 3.02. The fourth-order valence-corrected chi connectivity index (χ4v) is 3.76. The van der Waals surface area contributed by atoms with E-state index in [2.05, 4.69) is 5.32 Å². The van der Waals surface area contributed by atoms with Crippen molar-refractivity contribution in [3.63, 3.8) is 0 Å². The maximum atomic E-state index is 13.5. The molecule has 0 amide bonds. The number of hydrogen-bond donors (Lipinski definition) is 1. The molecule has 1 N–H and O–H groups in total. The van der Waals surface area contributed by atoms with E-state index in [9.17, 15) is 36.1 Å². The van der Waals surface area contributed by atoms with Crippen molar-refractivity contribution in [2.45, 2.75) is 29.2 Å². The SMILES string of the molecule is O=[N+]([O-])c1cc(S(=O)(=O)C(F)F)ccc1NC1CCOC1c1ccc(F)c(F)c1. The molecule has 1 saturated heterocycles. The lowest BCUT2D eigenvalue weighted by molar-refractivity contribution is -0.384. The summed E-state index contributed by atoms with van der Waals surface area (Å²) in [4.78, 5) is 9.55. The summed E-state index contributed by atoms with van der Waals surface area (Å²) in [7, 11) is -5.01. The van der Waals surface area contributed by atoms with Gasteiger partial charge in [0.2, 0.25) is 9.84 Å². The molecule has 12 heteroatoms. The second-order valence-electron chi connectivity index (χ2n) is 6.25. The van der Waals surface area contributed by atoms with E-state index in [1.807, 2.05) is 0 Å². The Morgan fingerprint density at radius 1 is 1.14 bits per heavy atom. The first kappa shape index (κ1) is 21.0. The van der Waals surface area contributed by atoms with Gasteiger partial charge in [-0.2, -0.15) is 8.78 Å². The summed E-state index contributed by atoms with van der Waals surface area (Å²) in [5.41, 5.74) is -0.535. The zero-order valence-electron chi connectivity index (χ0n) is 14.5. The van der Waals surface area contributed by atoms with Gasteiger partial charge in [0.15, 0.2) is 11.6 Å². The Bertz CT molecular complexity index is 1050. The van der Waals surface area contributed by atoms with E-state index in [0.717, 1.165) is 24.3 Å². The van der Waals surface area contributed by atoms with Crippen LogP contribution in [-0.2, 0) is 14.6 Å². The van der Waals surface area contributed by atoms with Gasteiger partial charge in [-0.1, -0.05) is 6.07 Å². The molecule has 0 radical (unpaired) electrons. The molecule has 2 aromatic carbocycles. The highest BCUT2D eigenvalue weighted by Gasteiger charge is 2.33. The molecule has 2 aromatic rings. The Hall–Kier alpha value is -2.73. The van der Waals surface area contributed by atoms with Crippen molar-refractivity contribution < 1.29 is 35.6 Å². The van der Waals surface area contributed by atoms with Gasteiger partial charge >= 0.3 is 5.76 Å². The van der Waals surface area contributed by atoms with Crippen molar-refractivity contribution in [2.75, 3.05) is 11.9 Å². The molecular formula is C17H14F4N2O5S. The maximum absolute atomic E-state index is 13.5. The predicted octanol–water partition coefficient (Wildman–Crippen LogP) is 3.81. The number of rotatable bonds is 6. The molecule has 0 aromatic heterocycles. The van der Waals surface area contributed by atoms with Crippen molar-refractivity contribution >= 4 is 21.2 Å². The largest absolute Gasteiger partial charge is 0.374 e. The molecule has 2 atom stereocenters. The maximum Gasteiger partial charge on any atom is 0.341 e. The molecular weight excluding hydrogens is 420 g/mol. The first-order valence-corrected chi connectivity index (χ1v) is 9.79. The third-order valence-electron chi connectivity index (χ3n) is 4.43. The number of hydrogen-bond acceptors (Lipinski definition) is 6. The zero-order valence-corrected chi connectivity index (χ0v) is 15.3. The number of halogens is 4. The average Bonchev–Trinajstić information content (AvgIpc) is 3.12. The molecule has 1 aliphatic heterocycles. The quantitative estimate of drug-likeness (QED) is 0.422. The Morgan fingerprint density at radius 2 is 1.86 bits per heavy atom. The molecule has 3 rings (SSSR count). The van der Waals surface area contributed by atoms with Crippen LogP contribution in [0, 0.1) is 21.7 Å². The van der Waals surface area contributed by atoms with Crippen LogP contribution in [-0.4, -0.2) is 31.7 Å². The number of alkyl halides is 2. The van der Waals surface area contributed by atoms with Crippen LogP contribution >= 0.6 is 0 Å². The van der Waals surface area contributed by atoms with Crippen molar-refractivity contribution in [2.24, 2.45) is 0 Å². The first-order valence-electron chi connectivity index (χ1n) is 8.25. The highest BCUT2D eigenvalue weighted by Crippen LogP contribution is 2.36. The van der Waals surface area contributed by atoms with Gasteiger partial charge in [0.1, 0.15) is 11.8 Å². The molecule has 29 heavy (non-hydrogen) atoms. The minimum absolute atomic E-state index is 0.119. The molecule has 0 aliphatic carbocycles. The summed E-state index contributed by atoms with van der Waals surface area (Å²) in [5.74, 6) is -5.84. The average molecular weight is 434 g/mol. The molecule has 2 unspecified atom stereocenters. The summed E-state index contributed by atoms with van der Waals surface area (Å²) >= 11 is 0. The third-order valence-corrected chi connectivity index (χ3v) is 5.81. The van der Waals surface area contributed by atoms with Crippen LogP contribution in [0.3, 0.4) is 0 Å². The summed E-state index contributed by atoms with van der Waals surface area (Å²) in [6.07, 6.45) is -0.396. The Kier molecular flexibility index (Phi) is 5.75. The van der Waals surface area contributed by atoms with Crippen molar-refractivity contribution in [3.8, 4) is 0 Å². The number of anilines is 1. The van der Waals surface area contributed by atoms with E-state index in [4.69, 9.17) is 4.74 Å². The Balaban J connectivity index is 1.92. The van der Waals surface area contributed by atoms with E-state index >= 15 is 0 Å². The summed E-state index contributed by atoms with van der Waals surface area (Å²) in [5, 5.41) is 14.2. The third kappa shape index (κ3) is 4.17. The standard InChI is InChI=1S/C17H14F4N2O5S/c18-11-3-1-9(7-12(11)19)16-14(5-6-28-16)22-13-4-2-10(8-15(13)23(24)25)29(26,27)17(20)21/h1-4,7-8,14,16-17,22H,5-6H2. The molecule has 0 saturated carbocycles. The second-order valence-corrected chi connectivity index (χ2v) is 8.16. The number of nitrogens with zero attached hydrogens (tertiary/aromatic N) is 1. The normalized spacial score (nSPS) is 19.5. The molecule has 7 nitrogen and oxygen atoms in total. The van der Waals surface area contributed by atoms with Crippen LogP contribution in [0.25, 0.3) is 0 Å². The van der Waals surface area contributed by atoms with Crippen LogP contribution in [0.4, 0.5) is 28.9 Å². The van der Waals surface area contributed by atoms with E-state index in [-0.39, 0.29) is 12.3 Å². The number of nitrogens with one attached hydrogen (secondary N) is 1. The molecule has 1 heterocycles. The summed E-state index contributed by atoms with van der Waals surface area (Å²) < 4.78 is 80.8. The van der Waals surface area contributed by atoms with E-state index < -0.39 is 54.9 Å². The second kappa shape index (κ2) is 7.95. The minimum atomic E-state index is -5.01. The fraction of sp³-hybridized carbons (Fsp3) is 0.294. The first-order chi connectivity index (χ1) is 13.6. The monoisotopic (exact) mass is 434 g/mol. The van der Waals surface area contributed by atoms with Gasteiger partial charge in [0.25, 0.3) is 5.69 Å². The van der Waals surface area contributed by atoms with Gasteiger partial charge in [-0.05, 0) is 36.2 Å². The van der Waals surface area contributed by atoms with Crippen molar-refractivity contribution in [1.29, 1.82) is 0 Å². The van der Waals surface area contributed by atoms with Crippen molar-refractivity contribution in [1.82, 2.24) is 0 Å². The smallest absolute Gasteiger partial charge is 0.341 e. The highest BCUT2D eigenvalue weighted by atomic mass is 32.2. The van der Waals surface area contributed by atoms with Crippen LogP contribution in [0.15, 0.2) is 41.3 Å². The van der Waals surface area contributed by atoms with E-state index in [0.29, 0.717) is 18.1 Å². The molecule has 0 spiro atoms. The van der Waals surface area contributed by atoms with Gasteiger partial charge in [-0.25, -0.2) is 17.2 Å². The summed E-state index contributed by atoms with van der Waals surface area (Å²) in [6, 6.07) is 4.99. The topological polar surface area (TPSA) is 98.5 Å². The zero-order chi connectivity index (χ0) is 21.3. The molecule has 1 aliphatic rings.